The summed E-state index contributed by atoms with van der Waals surface area (Å²) >= 11 is 0. The number of benzene rings is 1. The minimum absolute atomic E-state index is 0.0250. The highest BCUT2D eigenvalue weighted by molar-refractivity contribution is 7.90. The van der Waals surface area contributed by atoms with Crippen LogP contribution in [0.2, 0.25) is 0 Å². The van der Waals surface area contributed by atoms with Gasteiger partial charge in [-0.25, -0.2) is 8.42 Å². The number of sulfone groups is 1. The number of nitrogens with one attached hydrogen (secondary N) is 1. The van der Waals surface area contributed by atoms with E-state index in [0.717, 1.165) is 11.8 Å². The van der Waals surface area contributed by atoms with E-state index < -0.39 is 27.7 Å². The first kappa shape index (κ1) is 21.5. The van der Waals surface area contributed by atoms with E-state index >= 15 is 0 Å². The van der Waals surface area contributed by atoms with Gasteiger partial charge in [0.1, 0.15) is 9.84 Å². The predicted octanol–water partition coefficient (Wildman–Crippen LogP) is 2.66. The molecule has 28 heavy (non-hydrogen) atoms. The summed E-state index contributed by atoms with van der Waals surface area (Å²) in [6.07, 6.45) is -1.26. The average molecular weight is 421 g/mol. The van der Waals surface area contributed by atoms with Crippen LogP contribution in [0.4, 0.5) is 13.2 Å². The number of hydrogen-bond donors (Lipinski definition) is 1. The first-order valence-corrected chi connectivity index (χ1v) is 11.4. The van der Waals surface area contributed by atoms with Gasteiger partial charge in [0, 0.05) is 19.3 Å². The number of alkyl halides is 3. The minimum Gasteiger partial charge on any atom is -0.376 e. The van der Waals surface area contributed by atoms with E-state index in [-0.39, 0.29) is 17.8 Å². The molecule has 1 saturated heterocycles. The van der Waals surface area contributed by atoms with Crippen molar-refractivity contribution in [3.8, 4) is 0 Å². The molecule has 0 spiro atoms. The van der Waals surface area contributed by atoms with Crippen molar-refractivity contribution >= 4 is 9.84 Å². The maximum atomic E-state index is 13.2. The van der Waals surface area contributed by atoms with Gasteiger partial charge in [-0.2, -0.15) is 13.2 Å². The molecule has 0 amide bonds. The lowest BCUT2D eigenvalue weighted by atomic mass is 9.99. The molecule has 1 aromatic carbocycles. The van der Waals surface area contributed by atoms with Crippen LogP contribution in [0.5, 0.6) is 0 Å². The van der Waals surface area contributed by atoms with Gasteiger partial charge in [0.2, 0.25) is 0 Å². The largest absolute Gasteiger partial charge is 0.396 e. The molecular weight excluding hydrogens is 395 g/mol. The third-order valence-electron chi connectivity index (χ3n) is 5.05. The smallest absolute Gasteiger partial charge is 0.376 e. The molecule has 1 aromatic rings. The Morgan fingerprint density at radius 1 is 1.18 bits per heavy atom. The Kier molecular flexibility index (Phi) is 6.69. The van der Waals surface area contributed by atoms with E-state index in [1.165, 1.54) is 25.0 Å². The van der Waals surface area contributed by atoms with Gasteiger partial charge in [-0.1, -0.05) is 24.3 Å². The lowest BCUT2D eigenvalue weighted by Crippen LogP contribution is -2.42. The van der Waals surface area contributed by atoms with Gasteiger partial charge in [0.25, 0.3) is 0 Å². The van der Waals surface area contributed by atoms with Crippen molar-refractivity contribution in [2.45, 2.75) is 43.7 Å². The molecule has 158 valence electrons. The van der Waals surface area contributed by atoms with Gasteiger partial charge in [0.05, 0.1) is 37.1 Å². The van der Waals surface area contributed by atoms with Gasteiger partial charge >= 0.3 is 6.18 Å². The highest BCUT2D eigenvalue weighted by Gasteiger charge is 2.42. The Morgan fingerprint density at radius 2 is 1.86 bits per heavy atom. The summed E-state index contributed by atoms with van der Waals surface area (Å²) in [6.45, 7) is 2.27. The van der Waals surface area contributed by atoms with Gasteiger partial charge in [-0.3, -0.25) is 0 Å². The van der Waals surface area contributed by atoms with Crippen molar-refractivity contribution in [3.05, 3.63) is 35.4 Å². The number of rotatable bonds is 8. The summed E-state index contributed by atoms with van der Waals surface area (Å²) in [5.74, 6) is -2.35. The summed E-state index contributed by atoms with van der Waals surface area (Å²) in [7, 11) is -3.76. The lowest BCUT2D eigenvalue weighted by Gasteiger charge is -2.30. The molecule has 0 radical (unpaired) electrons. The van der Waals surface area contributed by atoms with Crippen LogP contribution in [0.1, 0.15) is 29.9 Å². The third-order valence-corrected chi connectivity index (χ3v) is 5.99. The molecule has 0 aromatic heterocycles. The van der Waals surface area contributed by atoms with Crippen LogP contribution in [-0.2, 0) is 25.9 Å². The Hall–Kier alpha value is -1.16. The lowest BCUT2D eigenvalue weighted by molar-refractivity contribution is -0.145. The maximum Gasteiger partial charge on any atom is 0.396 e. The highest BCUT2D eigenvalue weighted by atomic mass is 32.2. The fourth-order valence-electron chi connectivity index (χ4n) is 3.39. The molecule has 2 fully saturated rings. The monoisotopic (exact) mass is 421 g/mol. The number of hydrogen-bond acceptors (Lipinski definition) is 5. The van der Waals surface area contributed by atoms with E-state index in [4.69, 9.17) is 9.47 Å². The Labute approximate surface area is 163 Å². The van der Waals surface area contributed by atoms with E-state index in [9.17, 15) is 21.6 Å². The zero-order valence-electron chi connectivity index (χ0n) is 15.7. The first-order valence-electron chi connectivity index (χ1n) is 9.39. The molecule has 0 bridgehead atoms. The normalized spacial score (nSPS) is 24.9. The predicted molar refractivity (Wildman–Crippen MR) is 98.9 cm³/mol. The summed E-state index contributed by atoms with van der Waals surface area (Å²) in [6, 6.07) is 5.89. The van der Waals surface area contributed by atoms with Crippen molar-refractivity contribution in [1.29, 1.82) is 0 Å². The molecule has 1 aliphatic carbocycles. The average Bonchev–Trinajstić information content (AvgIpc) is 3.44. The second kappa shape index (κ2) is 8.69. The standard InChI is InChI=1S/C19H26F3NO4S/c1-28(24,25)12-17(19(20,21)22)14-4-2-13(3-5-14)8-23-9-16-10-26-11-18(27-16)15-6-7-15/h2-5,15-18,23H,6-12H2,1H3/t16?,17-,18?/m0/s1. The maximum absolute atomic E-state index is 13.2. The minimum atomic E-state index is -4.61. The molecule has 5 nitrogen and oxygen atoms in total. The van der Waals surface area contributed by atoms with Crippen molar-refractivity contribution in [1.82, 2.24) is 5.32 Å². The summed E-state index contributed by atoms with van der Waals surface area (Å²) in [5.41, 5.74) is 0.775. The zero-order chi connectivity index (χ0) is 20.4. The van der Waals surface area contributed by atoms with E-state index in [0.29, 0.717) is 32.2 Å². The molecule has 2 aliphatic rings. The van der Waals surface area contributed by atoms with Crippen LogP contribution in [0, 0.1) is 5.92 Å². The molecule has 1 N–H and O–H groups in total. The molecule has 9 heteroatoms. The van der Waals surface area contributed by atoms with E-state index in [2.05, 4.69) is 5.32 Å². The number of halogens is 3. The van der Waals surface area contributed by atoms with Crippen LogP contribution < -0.4 is 5.32 Å². The second-order valence-electron chi connectivity index (χ2n) is 7.73. The number of ether oxygens (including phenoxy) is 2. The van der Waals surface area contributed by atoms with Gasteiger partial charge in [-0.15, -0.1) is 0 Å². The van der Waals surface area contributed by atoms with Gasteiger partial charge in [-0.05, 0) is 29.9 Å². The Balaban J connectivity index is 1.52. The molecule has 1 heterocycles. The Bertz CT molecular complexity index is 747. The summed E-state index contributed by atoms with van der Waals surface area (Å²) in [5, 5.41) is 3.25. The van der Waals surface area contributed by atoms with Gasteiger partial charge < -0.3 is 14.8 Å². The van der Waals surface area contributed by atoms with E-state index in [1.54, 1.807) is 12.1 Å². The zero-order valence-corrected chi connectivity index (χ0v) is 16.6. The fraction of sp³-hybridized carbons (Fsp3) is 0.684. The van der Waals surface area contributed by atoms with Crippen LogP contribution in [0.15, 0.2) is 24.3 Å². The van der Waals surface area contributed by atoms with Gasteiger partial charge in [0.15, 0.2) is 0 Å². The van der Waals surface area contributed by atoms with Crippen LogP contribution >= 0.6 is 0 Å². The SMILES string of the molecule is CS(=O)(=O)C[C@@H](c1ccc(CNCC2COCC(C3CC3)O2)cc1)C(F)(F)F. The summed E-state index contributed by atoms with van der Waals surface area (Å²) in [4.78, 5) is 0. The fourth-order valence-corrected chi connectivity index (χ4v) is 4.38. The van der Waals surface area contributed by atoms with Crippen molar-refractivity contribution in [2.75, 3.05) is 31.8 Å². The quantitative estimate of drug-likeness (QED) is 0.699. The van der Waals surface area contributed by atoms with Crippen LogP contribution in [-0.4, -0.2) is 58.6 Å². The molecule has 3 rings (SSSR count). The van der Waals surface area contributed by atoms with Crippen LogP contribution in [0.25, 0.3) is 0 Å². The van der Waals surface area contributed by atoms with Crippen molar-refractivity contribution in [2.24, 2.45) is 5.92 Å². The first-order chi connectivity index (χ1) is 13.1. The summed E-state index contributed by atoms with van der Waals surface area (Å²) < 4.78 is 74.0. The molecular formula is C19H26F3NO4S. The second-order valence-corrected chi connectivity index (χ2v) is 9.92. The molecule has 3 atom stereocenters. The van der Waals surface area contributed by atoms with Crippen LogP contribution in [0.3, 0.4) is 0 Å². The third kappa shape index (κ3) is 6.43. The molecule has 1 saturated carbocycles. The topological polar surface area (TPSA) is 64.6 Å². The highest BCUT2D eigenvalue weighted by Crippen LogP contribution is 2.37. The molecule has 2 unspecified atom stereocenters. The van der Waals surface area contributed by atoms with Crippen molar-refractivity contribution in [3.63, 3.8) is 0 Å². The van der Waals surface area contributed by atoms with E-state index in [1.807, 2.05) is 0 Å². The molecule has 1 aliphatic heterocycles. The Morgan fingerprint density at radius 3 is 2.43 bits per heavy atom. The van der Waals surface area contributed by atoms with Crippen molar-refractivity contribution < 1.29 is 31.1 Å².